The number of rotatable bonds is 2. The van der Waals surface area contributed by atoms with E-state index in [0.29, 0.717) is 0 Å². The molecule has 1 aromatic rings. The first-order valence-corrected chi connectivity index (χ1v) is 6.59. The maximum absolute atomic E-state index is 10.9. The molecule has 15 heavy (non-hydrogen) atoms. The van der Waals surface area contributed by atoms with Gasteiger partial charge in [0.05, 0.1) is 9.79 Å². The third-order valence-electron chi connectivity index (χ3n) is 1.52. The van der Waals surface area contributed by atoms with Crippen LogP contribution in [-0.4, -0.2) is 21.9 Å². The van der Waals surface area contributed by atoms with Gasteiger partial charge in [-0.15, -0.1) is 0 Å². The number of primary sulfonamides is 2. The summed E-state index contributed by atoms with van der Waals surface area (Å²) in [5.41, 5.74) is 0. The van der Waals surface area contributed by atoms with Gasteiger partial charge in [0.15, 0.2) is 0 Å². The standard InChI is InChI=1S/C6H8N2O5S2/c7-14(10,11)5-1-4(9)2-6(3-5)15(8,12)13/h1-3,9H,(H2,7,10,11)(H2,8,12,13). The van der Waals surface area contributed by atoms with E-state index in [4.69, 9.17) is 15.4 Å². The molecule has 0 saturated heterocycles. The van der Waals surface area contributed by atoms with Gasteiger partial charge in [0.2, 0.25) is 20.0 Å². The lowest BCUT2D eigenvalue weighted by molar-refractivity contribution is 0.470. The fraction of sp³-hybridized carbons (Fsp3) is 0. The average molecular weight is 252 g/mol. The number of hydrogen-bond acceptors (Lipinski definition) is 5. The first-order valence-electron chi connectivity index (χ1n) is 3.50. The van der Waals surface area contributed by atoms with Gasteiger partial charge in [0.25, 0.3) is 0 Å². The smallest absolute Gasteiger partial charge is 0.238 e. The van der Waals surface area contributed by atoms with E-state index in [0.717, 1.165) is 18.2 Å². The van der Waals surface area contributed by atoms with Crippen LogP contribution in [0.15, 0.2) is 28.0 Å². The average Bonchev–Trinajstić information content (AvgIpc) is 1.99. The van der Waals surface area contributed by atoms with Gasteiger partial charge in [-0.25, -0.2) is 27.1 Å². The van der Waals surface area contributed by atoms with E-state index >= 15 is 0 Å². The quantitative estimate of drug-likeness (QED) is 0.599. The van der Waals surface area contributed by atoms with Crippen LogP contribution in [0, 0.1) is 0 Å². The molecule has 0 aliphatic carbocycles. The summed E-state index contributed by atoms with van der Waals surface area (Å²) in [6.45, 7) is 0. The predicted molar refractivity (Wildman–Crippen MR) is 50.9 cm³/mol. The third-order valence-corrected chi connectivity index (χ3v) is 3.31. The highest BCUT2D eigenvalue weighted by atomic mass is 32.2. The van der Waals surface area contributed by atoms with Crippen LogP contribution in [0.1, 0.15) is 0 Å². The van der Waals surface area contributed by atoms with E-state index < -0.39 is 35.6 Å². The lowest BCUT2D eigenvalue weighted by Crippen LogP contribution is -2.15. The summed E-state index contributed by atoms with van der Waals surface area (Å²) in [7, 11) is -8.18. The molecule has 0 fully saturated rings. The van der Waals surface area contributed by atoms with Crippen LogP contribution < -0.4 is 10.3 Å². The largest absolute Gasteiger partial charge is 0.508 e. The molecular weight excluding hydrogens is 244 g/mol. The highest BCUT2D eigenvalue weighted by Crippen LogP contribution is 2.21. The summed E-state index contributed by atoms with van der Waals surface area (Å²) in [5, 5.41) is 18.6. The van der Waals surface area contributed by atoms with Crippen molar-refractivity contribution in [1.82, 2.24) is 0 Å². The van der Waals surface area contributed by atoms with Crippen molar-refractivity contribution in [2.24, 2.45) is 10.3 Å². The Morgan fingerprint density at radius 1 is 0.867 bits per heavy atom. The minimum Gasteiger partial charge on any atom is -0.508 e. The summed E-state index contributed by atoms with van der Waals surface area (Å²) >= 11 is 0. The topological polar surface area (TPSA) is 141 Å². The summed E-state index contributed by atoms with van der Waals surface area (Å²) < 4.78 is 43.6. The summed E-state index contributed by atoms with van der Waals surface area (Å²) in [5.74, 6) is -0.550. The number of benzene rings is 1. The van der Waals surface area contributed by atoms with Crippen molar-refractivity contribution < 1.29 is 21.9 Å². The van der Waals surface area contributed by atoms with E-state index in [-0.39, 0.29) is 0 Å². The third kappa shape index (κ3) is 2.89. The Morgan fingerprint density at radius 3 is 1.47 bits per heavy atom. The van der Waals surface area contributed by atoms with Gasteiger partial charge >= 0.3 is 0 Å². The second-order valence-electron chi connectivity index (χ2n) is 2.75. The molecule has 7 nitrogen and oxygen atoms in total. The van der Waals surface area contributed by atoms with Crippen LogP contribution in [-0.2, 0) is 20.0 Å². The lowest BCUT2D eigenvalue weighted by atomic mass is 10.3. The van der Waals surface area contributed by atoms with Crippen molar-refractivity contribution >= 4 is 20.0 Å². The number of phenols is 1. The zero-order valence-corrected chi connectivity index (χ0v) is 8.92. The molecule has 9 heteroatoms. The molecule has 1 aromatic carbocycles. The van der Waals surface area contributed by atoms with Gasteiger partial charge < -0.3 is 5.11 Å². The van der Waals surface area contributed by atoms with E-state index in [2.05, 4.69) is 0 Å². The SMILES string of the molecule is NS(=O)(=O)c1cc(O)cc(S(N)(=O)=O)c1. The summed E-state index contributed by atoms with van der Waals surface area (Å²) in [6, 6.07) is 2.42. The molecule has 0 atom stereocenters. The maximum atomic E-state index is 10.9. The first kappa shape index (κ1) is 11.9. The van der Waals surface area contributed by atoms with Crippen molar-refractivity contribution in [2.75, 3.05) is 0 Å². The number of hydrogen-bond donors (Lipinski definition) is 3. The second-order valence-corrected chi connectivity index (χ2v) is 5.88. The highest BCUT2D eigenvalue weighted by Gasteiger charge is 2.15. The van der Waals surface area contributed by atoms with Gasteiger partial charge in [-0.3, -0.25) is 0 Å². The zero-order valence-electron chi connectivity index (χ0n) is 7.28. The highest BCUT2D eigenvalue weighted by molar-refractivity contribution is 7.90. The molecule has 0 aromatic heterocycles. The Hall–Kier alpha value is -1.16. The Bertz CT molecular complexity index is 540. The molecule has 84 valence electrons. The Balaban J connectivity index is 3.57. The van der Waals surface area contributed by atoms with Crippen LogP contribution in [0.3, 0.4) is 0 Å². The molecule has 0 saturated carbocycles. The monoisotopic (exact) mass is 252 g/mol. The molecule has 1 rings (SSSR count). The maximum Gasteiger partial charge on any atom is 0.238 e. The molecule has 0 amide bonds. The van der Waals surface area contributed by atoms with Gasteiger partial charge in [-0.2, -0.15) is 0 Å². The predicted octanol–water partition coefficient (Wildman–Crippen LogP) is -1.31. The Morgan fingerprint density at radius 2 is 1.20 bits per heavy atom. The molecule has 0 spiro atoms. The molecule has 5 N–H and O–H groups in total. The second kappa shape index (κ2) is 3.45. The minimum absolute atomic E-state index is 0.522. The summed E-state index contributed by atoms with van der Waals surface area (Å²) in [4.78, 5) is -1.04. The molecular formula is C6H8N2O5S2. The van der Waals surface area contributed by atoms with Crippen molar-refractivity contribution in [2.45, 2.75) is 9.79 Å². The van der Waals surface area contributed by atoms with Crippen molar-refractivity contribution in [3.63, 3.8) is 0 Å². The molecule has 0 unspecified atom stereocenters. The number of nitrogens with two attached hydrogens (primary N) is 2. The van der Waals surface area contributed by atoms with Crippen LogP contribution >= 0.6 is 0 Å². The van der Waals surface area contributed by atoms with Crippen molar-refractivity contribution in [1.29, 1.82) is 0 Å². The van der Waals surface area contributed by atoms with E-state index in [1.807, 2.05) is 0 Å². The van der Waals surface area contributed by atoms with E-state index in [1.54, 1.807) is 0 Å². The minimum atomic E-state index is -4.09. The van der Waals surface area contributed by atoms with Crippen molar-refractivity contribution in [3.05, 3.63) is 18.2 Å². The van der Waals surface area contributed by atoms with Crippen LogP contribution in [0.4, 0.5) is 0 Å². The van der Waals surface area contributed by atoms with Crippen LogP contribution in [0.25, 0.3) is 0 Å². The molecule has 0 aliphatic rings. The molecule has 0 aliphatic heterocycles. The Labute approximate surface area is 86.4 Å². The fourth-order valence-electron chi connectivity index (χ4n) is 0.885. The normalized spacial score (nSPS) is 12.7. The zero-order chi connectivity index (χ0) is 11.9. The Kier molecular flexibility index (Phi) is 2.74. The van der Waals surface area contributed by atoms with Crippen LogP contribution in [0.5, 0.6) is 5.75 Å². The number of sulfonamides is 2. The van der Waals surface area contributed by atoms with Crippen LogP contribution in [0.2, 0.25) is 0 Å². The number of phenolic OH excluding ortho intramolecular Hbond substituents is 1. The van der Waals surface area contributed by atoms with Gasteiger partial charge in [0.1, 0.15) is 5.75 Å². The lowest BCUT2D eigenvalue weighted by Gasteiger charge is -2.03. The fourth-order valence-corrected chi connectivity index (χ4v) is 2.11. The number of aromatic hydroxyl groups is 1. The molecule has 0 radical (unpaired) electrons. The van der Waals surface area contributed by atoms with Crippen molar-refractivity contribution in [3.8, 4) is 5.75 Å². The van der Waals surface area contributed by atoms with E-state index in [1.165, 1.54) is 0 Å². The molecule has 0 heterocycles. The van der Waals surface area contributed by atoms with Gasteiger partial charge in [0, 0.05) is 0 Å². The van der Waals surface area contributed by atoms with Gasteiger partial charge in [-0.1, -0.05) is 0 Å². The first-order chi connectivity index (χ1) is 6.60. The summed E-state index contributed by atoms with van der Waals surface area (Å²) in [6.07, 6.45) is 0. The molecule has 0 bridgehead atoms. The van der Waals surface area contributed by atoms with E-state index in [9.17, 15) is 16.8 Å². The van der Waals surface area contributed by atoms with Gasteiger partial charge in [-0.05, 0) is 18.2 Å².